The first kappa shape index (κ1) is 18.9. The van der Waals surface area contributed by atoms with Crippen molar-refractivity contribution in [2.75, 3.05) is 20.2 Å². The van der Waals surface area contributed by atoms with Crippen LogP contribution in [-0.2, 0) is 14.3 Å². The van der Waals surface area contributed by atoms with Crippen molar-refractivity contribution in [2.24, 2.45) is 0 Å². The van der Waals surface area contributed by atoms with Gasteiger partial charge in [0.25, 0.3) is 0 Å². The molecule has 0 aliphatic carbocycles. The molecule has 1 rings (SSSR count). The SMILES string of the molecule is COC(=O)C(NCCNC(=O)OC(C)(C)C)c1cccc(F)c1. The molecule has 0 bridgehead atoms. The number of alkyl carbamates (subject to hydrolysis) is 1. The van der Waals surface area contributed by atoms with E-state index in [4.69, 9.17) is 9.47 Å². The minimum atomic E-state index is -0.809. The Bertz CT molecular complexity index is 543. The minimum absolute atomic E-state index is 0.248. The number of halogens is 1. The van der Waals surface area contributed by atoms with E-state index in [2.05, 4.69) is 10.6 Å². The molecule has 0 fully saturated rings. The van der Waals surface area contributed by atoms with Crippen LogP contribution in [0.25, 0.3) is 0 Å². The summed E-state index contributed by atoms with van der Waals surface area (Å²) in [7, 11) is 1.26. The Labute approximate surface area is 135 Å². The molecule has 2 N–H and O–H groups in total. The van der Waals surface area contributed by atoms with E-state index in [1.165, 1.54) is 25.3 Å². The lowest BCUT2D eigenvalue weighted by atomic mass is 10.1. The fourth-order valence-corrected chi connectivity index (χ4v) is 1.84. The molecule has 1 aromatic carbocycles. The van der Waals surface area contributed by atoms with Gasteiger partial charge in [0, 0.05) is 13.1 Å². The third-order valence-corrected chi connectivity index (χ3v) is 2.76. The number of ether oxygens (including phenoxy) is 2. The molecule has 0 aliphatic heterocycles. The van der Waals surface area contributed by atoms with Crippen molar-refractivity contribution in [3.05, 3.63) is 35.6 Å². The first-order chi connectivity index (χ1) is 10.7. The second-order valence-electron chi connectivity index (χ2n) is 5.89. The van der Waals surface area contributed by atoms with E-state index in [1.807, 2.05) is 0 Å². The number of methoxy groups -OCH3 is 1. The highest BCUT2D eigenvalue weighted by Crippen LogP contribution is 2.15. The standard InChI is InChI=1S/C16H23FN2O4/c1-16(2,3)23-15(21)19-9-8-18-13(14(20)22-4)11-6-5-7-12(17)10-11/h5-7,10,13,18H,8-9H2,1-4H3,(H,19,21). The Morgan fingerprint density at radius 2 is 1.96 bits per heavy atom. The summed E-state index contributed by atoms with van der Waals surface area (Å²) in [6, 6.07) is 4.88. The summed E-state index contributed by atoms with van der Waals surface area (Å²) in [5, 5.41) is 5.49. The molecule has 1 unspecified atom stereocenters. The summed E-state index contributed by atoms with van der Waals surface area (Å²) in [6.07, 6.45) is -0.542. The number of benzene rings is 1. The van der Waals surface area contributed by atoms with E-state index >= 15 is 0 Å². The third kappa shape index (κ3) is 7.10. The van der Waals surface area contributed by atoms with Crippen LogP contribution in [0.1, 0.15) is 32.4 Å². The van der Waals surface area contributed by atoms with Crippen LogP contribution >= 0.6 is 0 Å². The first-order valence-corrected chi connectivity index (χ1v) is 7.26. The number of amides is 1. The van der Waals surface area contributed by atoms with Crippen molar-refractivity contribution in [2.45, 2.75) is 32.4 Å². The lowest BCUT2D eigenvalue weighted by molar-refractivity contribution is -0.143. The van der Waals surface area contributed by atoms with Crippen LogP contribution in [0.2, 0.25) is 0 Å². The number of hydrogen-bond donors (Lipinski definition) is 2. The van der Waals surface area contributed by atoms with Crippen LogP contribution in [0.3, 0.4) is 0 Å². The van der Waals surface area contributed by atoms with Gasteiger partial charge in [-0.05, 0) is 38.5 Å². The van der Waals surface area contributed by atoms with Crippen molar-refractivity contribution in [3.63, 3.8) is 0 Å². The monoisotopic (exact) mass is 326 g/mol. The number of esters is 1. The normalized spacial score (nSPS) is 12.4. The molecule has 0 spiro atoms. The zero-order valence-electron chi connectivity index (χ0n) is 13.8. The van der Waals surface area contributed by atoms with Crippen LogP contribution in [0.5, 0.6) is 0 Å². The summed E-state index contributed by atoms with van der Waals surface area (Å²) in [6.45, 7) is 5.83. The Kier molecular flexibility index (Phi) is 6.96. The fraction of sp³-hybridized carbons (Fsp3) is 0.500. The van der Waals surface area contributed by atoms with Gasteiger partial charge in [0.2, 0.25) is 0 Å². The summed E-state index contributed by atoms with van der Waals surface area (Å²) >= 11 is 0. The molecule has 0 saturated carbocycles. The smallest absolute Gasteiger partial charge is 0.407 e. The third-order valence-electron chi connectivity index (χ3n) is 2.76. The summed E-state index contributed by atoms with van der Waals surface area (Å²) in [5.74, 6) is -0.974. The van der Waals surface area contributed by atoms with Crippen LogP contribution in [-0.4, -0.2) is 37.9 Å². The minimum Gasteiger partial charge on any atom is -0.468 e. The van der Waals surface area contributed by atoms with Crippen molar-refractivity contribution >= 4 is 12.1 Å². The van der Waals surface area contributed by atoms with Gasteiger partial charge < -0.3 is 14.8 Å². The van der Waals surface area contributed by atoms with E-state index in [-0.39, 0.29) is 13.1 Å². The van der Waals surface area contributed by atoms with Gasteiger partial charge in [-0.2, -0.15) is 0 Å². The van der Waals surface area contributed by atoms with Crippen LogP contribution < -0.4 is 10.6 Å². The highest BCUT2D eigenvalue weighted by Gasteiger charge is 2.21. The molecule has 0 aliphatic rings. The Morgan fingerprint density at radius 3 is 2.52 bits per heavy atom. The lowest BCUT2D eigenvalue weighted by Gasteiger charge is -2.20. The lowest BCUT2D eigenvalue weighted by Crippen LogP contribution is -2.39. The number of rotatable bonds is 6. The van der Waals surface area contributed by atoms with Crippen LogP contribution in [0.4, 0.5) is 9.18 Å². The number of nitrogens with one attached hydrogen (secondary N) is 2. The fourth-order valence-electron chi connectivity index (χ4n) is 1.84. The van der Waals surface area contributed by atoms with Gasteiger partial charge in [-0.1, -0.05) is 12.1 Å². The summed E-state index contributed by atoms with van der Waals surface area (Å²) < 4.78 is 23.1. The van der Waals surface area contributed by atoms with Gasteiger partial charge in [0.1, 0.15) is 17.5 Å². The highest BCUT2D eigenvalue weighted by atomic mass is 19.1. The van der Waals surface area contributed by atoms with Gasteiger partial charge in [0.05, 0.1) is 7.11 Å². The summed E-state index contributed by atoms with van der Waals surface area (Å²) in [5.41, 5.74) is -0.123. The number of hydrogen-bond acceptors (Lipinski definition) is 5. The predicted octanol–water partition coefficient (Wildman–Crippen LogP) is 2.15. The molecular weight excluding hydrogens is 303 g/mol. The molecule has 128 valence electrons. The average molecular weight is 326 g/mol. The molecule has 6 nitrogen and oxygen atoms in total. The van der Waals surface area contributed by atoms with E-state index in [0.29, 0.717) is 5.56 Å². The first-order valence-electron chi connectivity index (χ1n) is 7.26. The molecule has 0 heterocycles. The zero-order chi connectivity index (χ0) is 17.5. The summed E-state index contributed by atoms with van der Waals surface area (Å²) in [4.78, 5) is 23.3. The van der Waals surface area contributed by atoms with Crippen molar-refractivity contribution < 1.29 is 23.5 Å². The van der Waals surface area contributed by atoms with E-state index in [1.54, 1.807) is 26.8 Å². The van der Waals surface area contributed by atoms with Gasteiger partial charge >= 0.3 is 12.1 Å². The molecule has 0 aromatic heterocycles. The second-order valence-corrected chi connectivity index (χ2v) is 5.89. The maximum Gasteiger partial charge on any atom is 0.407 e. The van der Waals surface area contributed by atoms with E-state index < -0.39 is 29.5 Å². The van der Waals surface area contributed by atoms with Crippen molar-refractivity contribution in [1.82, 2.24) is 10.6 Å². The van der Waals surface area contributed by atoms with Crippen LogP contribution in [0.15, 0.2) is 24.3 Å². The quantitative estimate of drug-likeness (QED) is 0.619. The Morgan fingerprint density at radius 1 is 1.26 bits per heavy atom. The topological polar surface area (TPSA) is 76.7 Å². The Balaban J connectivity index is 2.53. The molecule has 7 heteroatoms. The average Bonchev–Trinajstić information content (AvgIpc) is 2.44. The molecule has 0 saturated heterocycles. The molecule has 1 aromatic rings. The van der Waals surface area contributed by atoms with E-state index in [0.717, 1.165) is 0 Å². The molecule has 0 radical (unpaired) electrons. The maximum atomic E-state index is 13.3. The molecule has 1 atom stereocenters. The number of carbonyl (C=O) groups is 2. The van der Waals surface area contributed by atoms with Crippen LogP contribution in [0, 0.1) is 5.82 Å². The van der Waals surface area contributed by atoms with Gasteiger partial charge in [-0.25, -0.2) is 14.0 Å². The number of carbonyl (C=O) groups excluding carboxylic acids is 2. The predicted molar refractivity (Wildman–Crippen MR) is 83.4 cm³/mol. The second kappa shape index (κ2) is 8.47. The molecule has 23 heavy (non-hydrogen) atoms. The molecule has 1 amide bonds. The Hall–Kier alpha value is -2.15. The maximum absolute atomic E-state index is 13.3. The van der Waals surface area contributed by atoms with Gasteiger partial charge in [-0.3, -0.25) is 5.32 Å². The van der Waals surface area contributed by atoms with Gasteiger partial charge in [0.15, 0.2) is 0 Å². The zero-order valence-corrected chi connectivity index (χ0v) is 13.8. The van der Waals surface area contributed by atoms with Crippen molar-refractivity contribution in [3.8, 4) is 0 Å². The van der Waals surface area contributed by atoms with E-state index in [9.17, 15) is 14.0 Å². The molecular formula is C16H23FN2O4. The van der Waals surface area contributed by atoms with Gasteiger partial charge in [-0.15, -0.1) is 0 Å². The highest BCUT2D eigenvalue weighted by molar-refractivity contribution is 5.77. The van der Waals surface area contributed by atoms with Crippen molar-refractivity contribution in [1.29, 1.82) is 0 Å². The largest absolute Gasteiger partial charge is 0.468 e.